The molecule has 1 fully saturated rings. The van der Waals surface area contributed by atoms with Gasteiger partial charge in [-0.1, -0.05) is 0 Å². The van der Waals surface area contributed by atoms with Crippen LogP contribution in [0.2, 0.25) is 0 Å². The van der Waals surface area contributed by atoms with Crippen molar-refractivity contribution in [2.75, 3.05) is 39.0 Å². The van der Waals surface area contributed by atoms with Crippen molar-refractivity contribution in [3.8, 4) is 0 Å². The van der Waals surface area contributed by atoms with Gasteiger partial charge in [0.2, 0.25) is 0 Å². The number of nitrogens with zero attached hydrogens (tertiary/aromatic N) is 2. The molecule has 0 aliphatic carbocycles. The maximum Gasteiger partial charge on any atom is 0.409 e. The van der Waals surface area contributed by atoms with Gasteiger partial charge in [0.05, 0.1) is 17.1 Å². The third kappa shape index (κ3) is 7.85. The smallest absolute Gasteiger partial charge is 0.409 e. The third-order valence-corrected chi connectivity index (χ3v) is 6.79. The van der Waals surface area contributed by atoms with Crippen LogP contribution in [-0.4, -0.2) is 75.2 Å². The van der Waals surface area contributed by atoms with Crippen molar-refractivity contribution in [3.05, 3.63) is 0 Å². The van der Waals surface area contributed by atoms with Crippen LogP contribution in [0.25, 0.3) is 0 Å². The minimum atomic E-state index is -3.16. The van der Waals surface area contributed by atoms with Crippen molar-refractivity contribution < 1.29 is 17.9 Å². The first-order chi connectivity index (χ1) is 11.6. The lowest BCUT2D eigenvalue weighted by Crippen LogP contribution is -2.50. The molecule has 0 aromatic carbocycles. The summed E-state index contributed by atoms with van der Waals surface area (Å²) in [6, 6.07) is 0.191. The van der Waals surface area contributed by atoms with Crippen molar-refractivity contribution >= 4 is 45.9 Å². The van der Waals surface area contributed by atoms with Crippen LogP contribution in [0.3, 0.4) is 0 Å². The second-order valence-electron chi connectivity index (χ2n) is 7.03. The molecule has 1 saturated heterocycles. The molecular formula is C16H33IN4O4S. The highest BCUT2D eigenvalue weighted by molar-refractivity contribution is 14.0. The van der Waals surface area contributed by atoms with E-state index in [4.69, 9.17) is 4.74 Å². The van der Waals surface area contributed by atoms with Gasteiger partial charge < -0.3 is 20.3 Å². The van der Waals surface area contributed by atoms with Gasteiger partial charge >= 0.3 is 6.09 Å². The van der Waals surface area contributed by atoms with Gasteiger partial charge in [-0.25, -0.2) is 13.2 Å². The molecule has 1 aliphatic heterocycles. The van der Waals surface area contributed by atoms with Crippen LogP contribution < -0.4 is 10.6 Å². The lowest BCUT2D eigenvalue weighted by Gasteiger charge is -2.32. The van der Waals surface area contributed by atoms with Crippen LogP contribution in [0.15, 0.2) is 4.99 Å². The molecule has 1 amide bonds. The molecule has 0 spiro atoms. The van der Waals surface area contributed by atoms with Crippen molar-refractivity contribution in [3.63, 3.8) is 0 Å². The summed E-state index contributed by atoms with van der Waals surface area (Å²) >= 11 is 0. The van der Waals surface area contributed by atoms with E-state index >= 15 is 0 Å². The molecule has 0 radical (unpaired) electrons. The standard InChI is InChI=1S/C16H32N4O4S.HI/c1-6-24-15(21)20-10-7-13(8-11-20)19-14(17-5)18-9-12-25(22,23)16(2,3)4;/h13H,6-12H2,1-5H3,(H2,17,18,19);1H. The van der Waals surface area contributed by atoms with E-state index in [1.807, 2.05) is 0 Å². The van der Waals surface area contributed by atoms with Crippen LogP contribution in [0.5, 0.6) is 0 Å². The number of hydrogen-bond donors (Lipinski definition) is 2. The van der Waals surface area contributed by atoms with Crippen molar-refractivity contribution in [1.29, 1.82) is 0 Å². The molecular weight excluding hydrogens is 471 g/mol. The van der Waals surface area contributed by atoms with Gasteiger partial charge in [0.15, 0.2) is 15.8 Å². The van der Waals surface area contributed by atoms with Crippen molar-refractivity contribution in [1.82, 2.24) is 15.5 Å². The van der Waals surface area contributed by atoms with E-state index in [9.17, 15) is 13.2 Å². The Morgan fingerprint density at radius 3 is 2.31 bits per heavy atom. The van der Waals surface area contributed by atoms with E-state index in [1.165, 1.54) is 0 Å². The van der Waals surface area contributed by atoms with Gasteiger partial charge in [0.25, 0.3) is 0 Å². The fourth-order valence-electron chi connectivity index (χ4n) is 2.42. The number of amides is 1. The van der Waals surface area contributed by atoms with E-state index < -0.39 is 14.6 Å². The van der Waals surface area contributed by atoms with E-state index in [0.717, 1.165) is 12.8 Å². The maximum absolute atomic E-state index is 12.1. The lowest BCUT2D eigenvalue weighted by molar-refractivity contribution is 0.0963. The molecule has 1 heterocycles. The van der Waals surface area contributed by atoms with Crippen LogP contribution in [0.1, 0.15) is 40.5 Å². The number of ether oxygens (including phenoxy) is 1. The lowest BCUT2D eigenvalue weighted by atomic mass is 10.1. The number of carbonyl (C=O) groups is 1. The SMILES string of the molecule is CCOC(=O)N1CCC(NC(=NC)NCCS(=O)(=O)C(C)(C)C)CC1.I. The van der Waals surface area contributed by atoms with Gasteiger partial charge in [-0.3, -0.25) is 4.99 Å². The summed E-state index contributed by atoms with van der Waals surface area (Å²) in [4.78, 5) is 17.5. The highest BCUT2D eigenvalue weighted by atomic mass is 127. The van der Waals surface area contributed by atoms with Crippen molar-refractivity contribution in [2.45, 2.75) is 51.3 Å². The van der Waals surface area contributed by atoms with Gasteiger partial charge in [-0.2, -0.15) is 0 Å². The molecule has 0 unspecified atom stereocenters. The van der Waals surface area contributed by atoms with E-state index in [2.05, 4.69) is 15.6 Å². The van der Waals surface area contributed by atoms with Crippen LogP contribution >= 0.6 is 24.0 Å². The Kier molecular flexibility index (Phi) is 10.8. The Bertz CT molecular complexity index is 567. The first kappa shape index (κ1) is 25.2. The van der Waals surface area contributed by atoms with Crippen molar-refractivity contribution in [2.24, 2.45) is 4.99 Å². The number of aliphatic imine (C=N–C) groups is 1. The highest BCUT2D eigenvalue weighted by Gasteiger charge is 2.28. The third-order valence-electron chi connectivity index (χ3n) is 4.18. The zero-order valence-electron chi connectivity index (χ0n) is 16.4. The number of carbonyl (C=O) groups excluding carboxylic acids is 1. The second-order valence-corrected chi connectivity index (χ2v) is 9.90. The molecule has 0 aromatic heterocycles. The fraction of sp³-hybridized carbons (Fsp3) is 0.875. The predicted molar refractivity (Wildman–Crippen MR) is 115 cm³/mol. The topological polar surface area (TPSA) is 100 Å². The Balaban J connectivity index is 0.00000625. The summed E-state index contributed by atoms with van der Waals surface area (Å²) in [5.41, 5.74) is 0. The number of sulfone groups is 1. The average molecular weight is 504 g/mol. The average Bonchev–Trinajstić information content (AvgIpc) is 2.53. The number of likely N-dealkylation sites (tertiary alicyclic amines) is 1. The molecule has 0 aromatic rings. The molecule has 8 nitrogen and oxygen atoms in total. The Labute approximate surface area is 174 Å². The summed E-state index contributed by atoms with van der Waals surface area (Å²) in [5.74, 6) is 0.636. The van der Waals surface area contributed by atoms with Crippen LogP contribution in [0.4, 0.5) is 4.79 Å². The second kappa shape index (κ2) is 11.2. The molecule has 0 bridgehead atoms. The highest BCUT2D eigenvalue weighted by Crippen LogP contribution is 2.15. The maximum atomic E-state index is 12.1. The minimum Gasteiger partial charge on any atom is -0.450 e. The number of nitrogens with one attached hydrogen (secondary N) is 2. The van der Waals surface area contributed by atoms with Gasteiger partial charge in [-0.15, -0.1) is 24.0 Å². The monoisotopic (exact) mass is 504 g/mol. The number of halogens is 1. The number of piperidine rings is 1. The van der Waals surface area contributed by atoms with Gasteiger partial charge in [0.1, 0.15) is 0 Å². The Morgan fingerprint density at radius 1 is 1.27 bits per heavy atom. The summed E-state index contributed by atoms with van der Waals surface area (Å²) < 4.78 is 28.5. The molecule has 26 heavy (non-hydrogen) atoms. The molecule has 10 heteroatoms. The van der Waals surface area contributed by atoms with Crippen LogP contribution in [-0.2, 0) is 14.6 Å². The molecule has 0 atom stereocenters. The number of rotatable bonds is 5. The van der Waals surface area contributed by atoms with Gasteiger partial charge in [0, 0.05) is 32.7 Å². The zero-order chi connectivity index (χ0) is 19.1. The molecule has 154 valence electrons. The quantitative estimate of drug-likeness (QED) is 0.335. The Morgan fingerprint density at radius 2 is 1.85 bits per heavy atom. The van der Waals surface area contributed by atoms with E-state index in [-0.39, 0.29) is 41.9 Å². The predicted octanol–water partition coefficient (Wildman–Crippen LogP) is 1.60. The minimum absolute atomic E-state index is 0. The summed E-state index contributed by atoms with van der Waals surface area (Å²) in [7, 11) is -1.51. The van der Waals surface area contributed by atoms with E-state index in [0.29, 0.717) is 32.2 Å². The van der Waals surface area contributed by atoms with Crippen LogP contribution in [0, 0.1) is 0 Å². The summed E-state index contributed by atoms with van der Waals surface area (Å²) in [6.45, 7) is 8.84. The first-order valence-electron chi connectivity index (χ1n) is 8.72. The normalized spacial score (nSPS) is 16.7. The molecule has 2 N–H and O–H groups in total. The summed E-state index contributed by atoms with van der Waals surface area (Å²) in [5, 5.41) is 6.34. The zero-order valence-corrected chi connectivity index (χ0v) is 19.5. The first-order valence-corrected chi connectivity index (χ1v) is 10.4. The molecule has 1 rings (SSSR count). The number of guanidine groups is 1. The largest absolute Gasteiger partial charge is 0.450 e. The Hall–Kier alpha value is -0.780. The fourth-order valence-corrected chi connectivity index (χ4v) is 3.40. The van der Waals surface area contributed by atoms with E-state index in [1.54, 1.807) is 39.6 Å². The number of hydrogen-bond acceptors (Lipinski definition) is 5. The molecule has 0 saturated carbocycles. The van der Waals surface area contributed by atoms with Gasteiger partial charge in [-0.05, 0) is 40.5 Å². The summed E-state index contributed by atoms with van der Waals surface area (Å²) in [6.07, 6.45) is 1.32. The molecule has 1 aliphatic rings.